The van der Waals surface area contributed by atoms with E-state index in [4.69, 9.17) is 17.3 Å². The van der Waals surface area contributed by atoms with Gasteiger partial charge in [-0.1, -0.05) is 48.0 Å². The Kier molecular flexibility index (Phi) is 4.71. The summed E-state index contributed by atoms with van der Waals surface area (Å²) >= 11 is 6.30. The maximum Gasteiger partial charge on any atom is 0.0457 e. The zero-order valence-corrected chi connectivity index (χ0v) is 12.4. The summed E-state index contributed by atoms with van der Waals surface area (Å²) in [5, 5.41) is 1.97. The highest BCUT2D eigenvalue weighted by Gasteiger charge is 2.18. The molecule has 3 N–H and O–H groups in total. The minimum absolute atomic E-state index is 0. The van der Waals surface area contributed by atoms with Crippen LogP contribution in [0.1, 0.15) is 17.0 Å². The molecule has 0 saturated carbocycles. The Hall–Kier alpha value is -1.48. The van der Waals surface area contributed by atoms with Crippen LogP contribution in [0, 0.1) is 0 Å². The van der Waals surface area contributed by atoms with Crippen LogP contribution < -0.4 is 5.73 Å². The number of nitrogens with two attached hydrogens (primary N) is 1. The summed E-state index contributed by atoms with van der Waals surface area (Å²) in [5.41, 5.74) is 9.39. The average Bonchev–Trinajstić information content (AvgIpc) is 2.86. The standard InChI is InChI=1S/C16H15ClN2.ClH/c17-15-7-3-1-5-11(15)13(9-18)14-10-19-16-8-4-2-6-12(14)16;/h1-8,10,13,19H,9,18H2;1H. The molecule has 1 unspecified atom stereocenters. The SMILES string of the molecule is Cl.NCC(c1ccccc1Cl)c1c[nH]c2ccccc12. The fourth-order valence-corrected chi connectivity index (χ4v) is 2.83. The molecule has 0 aliphatic heterocycles. The summed E-state index contributed by atoms with van der Waals surface area (Å²) < 4.78 is 0. The maximum absolute atomic E-state index is 6.30. The summed E-state index contributed by atoms with van der Waals surface area (Å²) in [4.78, 5) is 3.29. The van der Waals surface area contributed by atoms with Gasteiger partial charge in [0.2, 0.25) is 0 Å². The van der Waals surface area contributed by atoms with Crippen LogP contribution in [0.25, 0.3) is 10.9 Å². The molecule has 0 bridgehead atoms. The van der Waals surface area contributed by atoms with E-state index >= 15 is 0 Å². The Bertz CT molecular complexity index is 706. The number of aromatic nitrogens is 1. The zero-order chi connectivity index (χ0) is 13.2. The first-order chi connectivity index (χ1) is 9.31. The van der Waals surface area contributed by atoms with Crippen LogP contribution >= 0.6 is 24.0 Å². The number of H-pyrrole nitrogens is 1. The quantitative estimate of drug-likeness (QED) is 0.743. The lowest BCUT2D eigenvalue weighted by atomic mass is 9.91. The molecule has 0 saturated heterocycles. The molecule has 2 aromatic carbocycles. The minimum Gasteiger partial charge on any atom is -0.361 e. The van der Waals surface area contributed by atoms with Crippen LogP contribution in [0.15, 0.2) is 54.7 Å². The van der Waals surface area contributed by atoms with Gasteiger partial charge in [-0.15, -0.1) is 12.4 Å². The second kappa shape index (κ2) is 6.31. The molecule has 0 fully saturated rings. The van der Waals surface area contributed by atoms with Gasteiger partial charge in [0.1, 0.15) is 0 Å². The predicted molar refractivity (Wildman–Crippen MR) is 87.9 cm³/mol. The second-order valence-corrected chi connectivity index (χ2v) is 5.01. The first kappa shape index (κ1) is 14.9. The summed E-state index contributed by atoms with van der Waals surface area (Å²) in [6.07, 6.45) is 2.03. The van der Waals surface area contributed by atoms with Gasteiger partial charge in [0.05, 0.1) is 0 Å². The van der Waals surface area contributed by atoms with Crippen molar-refractivity contribution in [1.29, 1.82) is 0 Å². The monoisotopic (exact) mass is 306 g/mol. The van der Waals surface area contributed by atoms with Crippen LogP contribution in [-0.2, 0) is 0 Å². The van der Waals surface area contributed by atoms with Gasteiger partial charge < -0.3 is 10.7 Å². The number of nitrogens with one attached hydrogen (secondary N) is 1. The lowest BCUT2D eigenvalue weighted by Crippen LogP contribution is -2.13. The van der Waals surface area contributed by atoms with E-state index in [1.54, 1.807) is 0 Å². The molecule has 3 rings (SSSR count). The highest BCUT2D eigenvalue weighted by Crippen LogP contribution is 2.33. The molecule has 104 valence electrons. The molecule has 2 nitrogen and oxygen atoms in total. The molecular formula is C16H16Cl2N2. The van der Waals surface area contributed by atoms with E-state index < -0.39 is 0 Å². The Morgan fingerprint density at radius 2 is 1.70 bits per heavy atom. The first-order valence-corrected chi connectivity index (χ1v) is 6.69. The van der Waals surface area contributed by atoms with Crippen LogP contribution in [0.4, 0.5) is 0 Å². The molecule has 20 heavy (non-hydrogen) atoms. The third-order valence-electron chi connectivity index (χ3n) is 3.51. The number of para-hydroxylation sites is 1. The number of benzene rings is 2. The molecular weight excluding hydrogens is 291 g/mol. The van der Waals surface area contributed by atoms with E-state index in [1.807, 2.05) is 42.6 Å². The van der Waals surface area contributed by atoms with Gasteiger partial charge in [-0.05, 0) is 23.3 Å². The molecule has 4 heteroatoms. The van der Waals surface area contributed by atoms with Crippen molar-refractivity contribution in [2.75, 3.05) is 6.54 Å². The largest absolute Gasteiger partial charge is 0.361 e. The molecule has 0 radical (unpaired) electrons. The highest BCUT2D eigenvalue weighted by atomic mass is 35.5. The van der Waals surface area contributed by atoms with Crippen molar-refractivity contribution in [2.45, 2.75) is 5.92 Å². The summed E-state index contributed by atoms with van der Waals surface area (Å²) in [6.45, 7) is 0.533. The van der Waals surface area contributed by atoms with Crippen molar-refractivity contribution in [3.05, 3.63) is 70.9 Å². The Balaban J connectivity index is 0.00000147. The molecule has 1 atom stereocenters. The third-order valence-corrected chi connectivity index (χ3v) is 3.86. The van der Waals surface area contributed by atoms with Crippen molar-refractivity contribution in [3.63, 3.8) is 0 Å². The molecule has 1 heterocycles. The van der Waals surface area contributed by atoms with Crippen LogP contribution in [-0.4, -0.2) is 11.5 Å². The van der Waals surface area contributed by atoms with E-state index in [0.29, 0.717) is 6.54 Å². The molecule has 1 aromatic heterocycles. The van der Waals surface area contributed by atoms with Crippen molar-refractivity contribution < 1.29 is 0 Å². The molecule has 0 spiro atoms. The number of hydrogen-bond donors (Lipinski definition) is 2. The Labute approximate surface area is 129 Å². The number of fused-ring (bicyclic) bond motifs is 1. The van der Waals surface area contributed by atoms with Gasteiger partial charge in [0.25, 0.3) is 0 Å². The number of hydrogen-bond acceptors (Lipinski definition) is 1. The highest BCUT2D eigenvalue weighted by molar-refractivity contribution is 6.31. The minimum atomic E-state index is 0. The molecule has 0 amide bonds. The first-order valence-electron chi connectivity index (χ1n) is 6.31. The molecule has 3 aromatic rings. The van der Waals surface area contributed by atoms with E-state index in [-0.39, 0.29) is 18.3 Å². The lowest BCUT2D eigenvalue weighted by molar-refractivity contribution is 0.826. The molecule has 0 aliphatic rings. The van der Waals surface area contributed by atoms with E-state index in [1.165, 1.54) is 10.9 Å². The molecule has 0 aliphatic carbocycles. The van der Waals surface area contributed by atoms with Crippen LogP contribution in [0.2, 0.25) is 5.02 Å². The number of aromatic amines is 1. The van der Waals surface area contributed by atoms with Crippen molar-refractivity contribution in [1.82, 2.24) is 4.98 Å². The van der Waals surface area contributed by atoms with Gasteiger partial charge in [-0.25, -0.2) is 0 Å². The van der Waals surface area contributed by atoms with Gasteiger partial charge in [0.15, 0.2) is 0 Å². The maximum atomic E-state index is 6.30. The van der Waals surface area contributed by atoms with E-state index in [2.05, 4.69) is 17.1 Å². The Morgan fingerprint density at radius 1 is 1.00 bits per heavy atom. The Morgan fingerprint density at radius 3 is 2.45 bits per heavy atom. The van der Waals surface area contributed by atoms with Crippen LogP contribution in [0.3, 0.4) is 0 Å². The van der Waals surface area contributed by atoms with Gasteiger partial charge in [-0.3, -0.25) is 0 Å². The lowest BCUT2D eigenvalue weighted by Gasteiger charge is -2.16. The zero-order valence-electron chi connectivity index (χ0n) is 10.8. The smallest absolute Gasteiger partial charge is 0.0457 e. The normalized spacial score (nSPS) is 12.1. The fourth-order valence-electron chi connectivity index (χ4n) is 2.56. The van der Waals surface area contributed by atoms with E-state index in [0.717, 1.165) is 16.1 Å². The predicted octanol–water partition coefficient (Wildman–Crippen LogP) is 4.33. The average molecular weight is 307 g/mol. The summed E-state index contributed by atoms with van der Waals surface area (Å²) in [7, 11) is 0. The van der Waals surface area contributed by atoms with Crippen molar-refractivity contribution in [3.8, 4) is 0 Å². The summed E-state index contributed by atoms with van der Waals surface area (Å²) in [5.74, 6) is 0.116. The van der Waals surface area contributed by atoms with E-state index in [9.17, 15) is 0 Å². The fraction of sp³-hybridized carbons (Fsp3) is 0.125. The third kappa shape index (κ3) is 2.55. The number of halogens is 2. The summed E-state index contributed by atoms with van der Waals surface area (Å²) in [6, 6.07) is 16.1. The van der Waals surface area contributed by atoms with Crippen molar-refractivity contribution in [2.24, 2.45) is 5.73 Å². The van der Waals surface area contributed by atoms with Gasteiger partial charge in [0, 0.05) is 34.6 Å². The van der Waals surface area contributed by atoms with Gasteiger partial charge >= 0.3 is 0 Å². The topological polar surface area (TPSA) is 41.8 Å². The van der Waals surface area contributed by atoms with Gasteiger partial charge in [-0.2, -0.15) is 0 Å². The second-order valence-electron chi connectivity index (χ2n) is 4.60. The number of rotatable bonds is 3. The van der Waals surface area contributed by atoms with Crippen LogP contribution in [0.5, 0.6) is 0 Å². The van der Waals surface area contributed by atoms with Crippen molar-refractivity contribution >= 4 is 34.9 Å².